The van der Waals surface area contributed by atoms with Crippen molar-refractivity contribution in [3.63, 3.8) is 0 Å². The van der Waals surface area contributed by atoms with E-state index in [1.807, 2.05) is 7.05 Å². The van der Waals surface area contributed by atoms with Gasteiger partial charge >= 0.3 is 0 Å². The van der Waals surface area contributed by atoms with Crippen molar-refractivity contribution in [2.24, 2.45) is 5.92 Å². The molecular weight excluding hydrogens is 250 g/mol. The summed E-state index contributed by atoms with van der Waals surface area (Å²) in [6.07, 6.45) is 2.55. The highest BCUT2D eigenvalue weighted by Gasteiger charge is 2.20. The summed E-state index contributed by atoms with van der Waals surface area (Å²) in [5, 5.41) is 2.61. The fourth-order valence-corrected chi connectivity index (χ4v) is 2.49. The van der Waals surface area contributed by atoms with E-state index in [-0.39, 0.29) is 5.91 Å². The molecule has 2 rings (SSSR count). The third-order valence-electron chi connectivity index (χ3n) is 3.40. The molecule has 1 aromatic rings. The first-order chi connectivity index (χ1) is 9.04. The number of benzene rings is 1. The Morgan fingerprint density at radius 2 is 2.21 bits per heavy atom. The van der Waals surface area contributed by atoms with Gasteiger partial charge < -0.3 is 10.2 Å². The second kappa shape index (κ2) is 6.10. The van der Waals surface area contributed by atoms with Gasteiger partial charge in [-0.25, -0.2) is 8.78 Å². The van der Waals surface area contributed by atoms with E-state index in [0.717, 1.165) is 38.1 Å². The quantitative estimate of drug-likeness (QED) is 0.914. The molecule has 1 saturated heterocycles. The third-order valence-corrected chi connectivity index (χ3v) is 3.40. The van der Waals surface area contributed by atoms with Crippen LogP contribution in [-0.2, 0) is 4.79 Å². The smallest absolute Gasteiger partial charge is 0.224 e. The minimum Gasteiger partial charge on any atom is -0.326 e. The first-order valence-electron chi connectivity index (χ1n) is 6.48. The first kappa shape index (κ1) is 13.9. The number of hydrogen-bond acceptors (Lipinski definition) is 2. The minimum atomic E-state index is -0.949. The predicted molar refractivity (Wildman–Crippen MR) is 69.8 cm³/mol. The normalized spacial score (nSPS) is 20.3. The van der Waals surface area contributed by atoms with Gasteiger partial charge in [0.05, 0.1) is 0 Å². The number of carbonyl (C=O) groups excluding carboxylic acids is 1. The second-order valence-corrected chi connectivity index (χ2v) is 5.15. The average Bonchev–Trinajstić information content (AvgIpc) is 2.34. The van der Waals surface area contributed by atoms with Gasteiger partial charge in [-0.1, -0.05) is 0 Å². The van der Waals surface area contributed by atoms with Crippen LogP contribution < -0.4 is 5.32 Å². The lowest BCUT2D eigenvalue weighted by Crippen LogP contribution is -2.34. The Balaban J connectivity index is 1.88. The summed E-state index contributed by atoms with van der Waals surface area (Å²) in [5.74, 6) is -1.67. The van der Waals surface area contributed by atoms with Crippen molar-refractivity contribution in [1.82, 2.24) is 4.90 Å². The lowest BCUT2D eigenvalue weighted by molar-refractivity contribution is -0.117. The summed E-state index contributed by atoms with van der Waals surface area (Å²) in [4.78, 5) is 14.0. The van der Waals surface area contributed by atoms with Crippen LogP contribution in [0.25, 0.3) is 0 Å². The number of piperidine rings is 1. The zero-order valence-corrected chi connectivity index (χ0v) is 11.0. The monoisotopic (exact) mass is 268 g/mol. The van der Waals surface area contributed by atoms with Crippen LogP contribution in [0.15, 0.2) is 18.2 Å². The molecule has 0 radical (unpaired) electrons. The summed E-state index contributed by atoms with van der Waals surface area (Å²) in [6, 6.07) is 3.38. The number of anilines is 1. The molecule has 1 atom stereocenters. The molecule has 0 aliphatic carbocycles. The lowest BCUT2D eigenvalue weighted by atomic mass is 9.95. The molecule has 104 valence electrons. The van der Waals surface area contributed by atoms with E-state index in [0.29, 0.717) is 18.0 Å². The lowest BCUT2D eigenvalue weighted by Gasteiger charge is -2.29. The van der Waals surface area contributed by atoms with Crippen molar-refractivity contribution in [2.75, 3.05) is 25.5 Å². The van der Waals surface area contributed by atoms with Crippen LogP contribution in [0.3, 0.4) is 0 Å². The predicted octanol–water partition coefficient (Wildman–Crippen LogP) is 2.64. The van der Waals surface area contributed by atoms with Crippen molar-refractivity contribution < 1.29 is 13.6 Å². The van der Waals surface area contributed by atoms with Gasteiger partial charge in [0.1, 0.15) is 0 Å². The molecule has 1 fully saturated rings. The molecule has 1 N–H and O–H groups in total. The van der Waals surface area contributed by atoms with E-state index >= 15 is 0 Å². The summed E-state index contributed by atoms with van der Waals surface area (Å²) in [5.41, 5.74) is 0.299. The molecule has 19 heavy (non-hydrogen) atoms. The molecule has 3 nitrogen and oxygen atoms in total. The van der Waals surface area contributed by atoms with E-state index in [9.17, 15) is 13.6 Å². The summed E-state index contributed by atoms with van der Waals surface area (Å²) < 4.78 is 25.8. The standard InChI is InChI=1S/C14H18F2N2O/c1-18-6-2-3-10(9-18)7-14(19)17-11-4-5-12(15)13(16)8-11/h4-5,8,10H,2-3,6-7,9H2,1H3,(H,17,19). The molecule has 1 aliphatic heterocycles. The zero-order valence-electron chi connectivity index (χ0n) is 11.0. The Morgan fingerprint density at radius 3 is 2.89 bits per heavy atom. The molecule has 0 spiro atoms. The van der Waals surface area contributed by atoms with Gasteiger partial charge in [-0.3, -0.25) is 4.79 Å². The van der Waals surface area contributed by atoms with Crippen LogP contribution in [0.1, 0.15) is 19.3 Å². The van der Waals surface area contributed by atoms with Gasteiger partial charge in [0.25, 0.3) is 0 Å². The van der Waals surface area contributed by atoms with Gasteiger partial charge in [-0.05, 0) is 44.5 Å². The Labute approximate surface area is 111 Å². The van der Waals surface area contributed by atoms with Gasteiger partial charge in [0.15, 0.2) is 11.6 Å². The molecule has 1 amide bonds. The molecular formula is C14H18F2N2O. The van der Waals surface area contributed by atoms with E-state index < -0.39 is 11.6 Å². The van der Waals surface area contributed by atoms with Crippen LogP contribution in [0.4, 0.5) is 14.5 Å². The summed E-state index contributed by atoms with van der Waals surface area (Å²) in [7, 11) is 2.04. The topological polar surface area (TPSA) is 32.3 Å². The highest BCUT2D eigenvalue weighted by molar-refractivity contribution is 5.90. The molecule has 5 heteroatoms. The Bertz CT molecular complexity index is 465. The van der Waals surface area contributed by atoms with Gasteiger partial charge in [0.2, 0.25) is 5.91 Å². The maximum Gasteiger partial charge on any atom is 0.224 e. The number of carbonyl (C=O) groups is 1. The van der Waals surface area contributed by atoms with E-state index in [1.165, 1.54) is 6.07 Å². The van der Waals surface area contributed by atoms with Gasteiger partial charge in [0, 0.05) is 24.7 Å². The SMILES string of the molecule is CN1CCCC(CC(=O)Nc2ccc(F)c(F)c2)C1. The maximum atomic E-state index is 13.0. The van der Waals surface area contributed by atoms with E-state index in [1.54, 1.807) is 0 Å². The largest absolute Gasteiger partial charge is 0.326 e. The highest BCUT2D eigenvalue weighted by Crippen LogP contribution is 2.20. The zero-order chi connectivity index (χ0) is 13.8. The minimum absolute atomic E-state index is 0.147. The van der Waals surface area contributed by atoms with Crippen molar-refractivity contribution in [3.05, 3.63) is 29.8 Å². The van der Waals surface area contributed by atoms with Crippen LogP contribution >= 0.6 is 0 Å². The van der Waals surface area contributed by atoms with Crippen LogP contribution in [0.2, 0.25) is 0 Å². The van der Waals surface area contributed by atoms with Crippen molar-refractivity contribution in [2.45, 2.75) is 19.3 Å². The molecule has 0 saturated carbocycles. The molecule has 1 heterocycles. The number of halogens is 2. The van der Waals surface area contributed by atoms with Gasteiger partial charge in [-0.2, -0.15) is 0 Å². The highest BCUT2D eigenvalue weighted by atomic mass is 19.2. The van der Waals surface area contributed by atoms with Crippen molar-refractivity contribution in [3.8, 4) is 0 Å². The fourth-order valence-electron chi connectivity index (χ4n) is 2.49. The number of likely N-dealkylation sites (tertiary alicyclic amines) is 1. The van der Waals surface area contributed by atoms with Crippen LogP contribution in [0, 0.1) is 17.6 Å². The molecule has 0 aromatic heterocycles. The number of nitrogens with one attached hydrogen (secondary N) is 1. The van der Waals surface area contributed by atoms with Gasteiger partial charge in [-0.15, -0.1) is 0 Å². The van der Waals surface area contributed by atoms with Crippen LogP contribution in [0.5, 0.6) is 0 Å². The Morgan fingerprint density at radius 1 is 1.42 bits per heavy atom. The fraction of sp³-hybridized carbons (Fsp3) is 0.500. The van der Waals surface area contributed by atoms with Crippen molar-refractivity contribution in [1.29, 1.82) is 0 Å². The molecule has 1 aromatic carbocycles. The second-order valence-electron chi connectivity index (χ2n) is 5.15. The molecule has 1 aliphatic rings. The molecule has 1 unspecified atom stereocenters. The summed E-state index contributed by atoms with van der Waals surface area (Å²) >= 11 is 0. The third kappa shape index (κ3) is 3.99. The average molecular weight is 268 g/mol. The summed E-state index contributed by atoms with van der Waals surface area (Å²) in [6.45, 7) is 1.98. The number of rotatable bonds is 3. The van der Waals surface area contributed by atoms with E-state index in [2.05, 4.69) is 10.2 Å². The van der Waals surface area contributed by atoms with E-state index in [4.69, 9.17) is 0 Å². The van der Waals surface area contributed by atoms with Crippen molar-refractivity contribution >= 4 is 11.6 Å². The first-order valence-corrected chi connectivity index (χ1v) is 6.48. The molecule has 0 bridgehead atoms. The number of amides is 1. The van der Waals surface area contributed by atoms with Crippen LogP contribution in [-0.4, -0.2) is 30.9 Å². The Hall–Kier alpha value is -1.49. The number of hydrogen-bond donors (Lipinski definition) is 1. The maximum absolute atomic E-state index is 13.0. The Kier molecular flexibility index (Phi) is 4.47. The number of nitrogens with zero attached hydrogens (tertiary/aromatic N) is 1.